The van der Waals surface area contributed by atoms with Gasteiger partial charge in [-0.2, -0.15) is 0 Å². The van der Waals surface area contributed by atoms with Crippen molar-refractivity contribution in [3.63, 3.8) is 0 Å². The van der Waals surface area contributed by atoms with Crippen molar-refractivity contribution in [3.8, 4) is 0 Å². The maximum atomic E-state index is 12.2. The molecule has 0 aliphatic carbocycles. The largest absolute Gasteiger partial charge is 0.409 e. The second-order valence-electron chi connectivity index (χ2n) is 4.20. The van der Waals surface area contributed by atoms with E-state index in [2.05, 4.69) is 26.4 Å². The lowest BCUT2D eigenvalue weighted by Crippen LogP contribution is -2.18. The Labute approximate surface area is 138 Å². The molecule has 0 bridgehead atoms. The van der Waals surface area contributed by atoms with E-state index in [1.165, 1.54) is 11.3 Å². The first-order valence-electron chi connectivity index (χ1n) is 5.77. The fourth-order valence-electron chi connectivity index (χ4n) is 1.65. The summed E-state index contributed by atoms with van der Waals surface area (Å²) in [5.74, 6) is -0.395. The van der Waals surface area contributed by atoms with Crippen LogP contribution in [0.15, 0.2) is 33.2 Å². The van der Waals surface area contributed by atoms with Crippen LogP contribution < -0.4 is 11.1 Å². The lowest BCUT2D eigenvalue weighted by atomic mass is 10.1. The number of hydrogen-bond donors (Lipinski definition) is 3. The normalized spacial score (nSPS) is 11.5. The highest BCUT2D eigenvalue weighted by atomic mass is 79.9. The van der Waals surface area contributed by atoms with Gasteiger partial charge in [-0.25, -0.2) is 0 Å². The number of hydrogen-bond acceptors (Lipinski definition) is 4. The summed E-state index contributed by atoms with van der Waals surface area (Å²) in [7, 11) is 0. The van der Waals surface area contributed by atoms with Gasteiger partial charge in [0.25, 0.3) is 5.91 Å². The number of oxime groups is 1. The van der Waals surface area contributed by atoms with Crippen molar-refractivity contribution < 1.29 is 10.0 Å². The molecule has 0 fully saturated rings. The molecule has 1 aromatic heterocycles. The van der Waals surface area contributed by atoms with E-state index >= 15 is 0 Å². The molecule has 1 aromatic carbocycles. The van der Waals surface area contributed by atoms with Gasteiger partial charge in [-0.05, 0) is 52.7 Å². The Morgan fingerprint density at radius 3 is 2.76 bits per heavy atom. The van der Waals surface area contributed by atoms with Gasteiger partial charge in [0.15, 0.2) is 5.84 Å². The van der Waals surface area contributed by atoms with E-state index in [0.717, 1.165) is 9.35 Å². The summed E-state index contributed by atoms with van der Waals surface area (Å²) < 4.78 is 0.899. The Bertz CT molecular complexity index is 711. The molecule has 2 rings (SSSR count). The number of aryl methyl sites for hydroxylation is 1. The first-order chi connectivity index (χ1) is 9.92. The molecule has 0 spiro atoms. The molecule has 2 aromatic rings. The van der Waals surface area contributed by atoms with Crippen LogP contribution in [0.25, 0.3) is 0 Å². The zero-order valence-corrected chi connectivity index (χ0v) is 14.0. The van der Waals surface area contributed by atoms with Gasteiger partial charge in [0.2, 0.25) is 0 Å². The molecule has 1 heterocycles. The number of carbonyl (C=O) groups excluding carboxylic acids is 1. The van der Waals surface area contributed by atoms with Crippen LogP contribution in [0, 0.1) is 6.92 Å². The predicted octanol–water partition coefficient (Wildman–Crippen LogP) is 3.82. The molecule has 0 saturated carbocycles. The molecule has 0 aliphatic rings. The van der Waals surface area contributed by atoms with Gasteiger partial charge in [0.1, 0.15) is 0 Å². The van der Waals surface area contributed by atoms with Gasteiger partial charge >= 0.3 is 0 Å². The van der Waals surface area contributed by atoms with Crippen molar-refractivity contribution in [3.05, 3.63) is 49.1 Å². The number of rotatable bonds is 3. The van der Waals surface area contributed by atoms with E-state index in [1.54, 1.807) is 24.3 Å². The number of nitrogens with zero attached hydrogens (tertiary/aromatic N) is 1. The molecule has 0 unspecified atom stereocenters. The Morgan fingerprint density at radius 1 is 1.48 bits per heavy atom. The van der Waals surface area contributed by atoms with E-state index in [0.29, 0.717) is 21.2 Å². The van der Waals surface area contributed by atoms with E-state index in [-0.39, 0.29) is 11.7 Å². The summed E-state index contributed by atoms with van der Waals surface area (Å²) in [6.45, 7) is 1.90. The lowest BCUT2D eigenvalue weighted by molar-refractivity contribution is 0.103. The Balaban J connectivity index is 2.34. The predicted molar refractivity (Wildman–Crippen MR) is 88.7 cm³/mol. The third kappa shape index (κ3) is 3.55. The molecule has 0 aliphatic heterocycles. The van der Waals surface area contributed by atoms with Crippen LogP contribution in [0.4, 0.5) is 5.69 Å². The second-order valence-corrected chi connectivity index (χ2v) is 7.00. The fraction of sp³-hybridized carbons (Fsp3) is 0.0769. The highest BCUT2D eigenvalue weighted by Gasteiger charge is 2.15. The molecule has 0 saturated heterocycles. The number of halogens is 2. The summed E-state index contributed by atoms with van der Waals surface area (Å²) in [6.07, 6.45) is 0. The topological polar surface area (TPSA) is 87.7 Å². The molecular weight excluding hydrogens is 378 g/mol. The maximum Gasteiger partial charge on any atom is 0.265 e. The Morgan fingerprint density at radius 2 is 2.19 bits per heavy atom. The smallest absolute Gasteiger partial charge is 0.265 e. The van der Waals surface area contributed by atoms with Gasteiger partial charge in [-0.1, -0.05) is 16.8 Å². The third-order valence-electron chi connectivity index (χ3n) is 2.69. The Kier molecular flexibility index (Phi) is 4.87. The lowest BCUT2D eigenvalue weighted by Gasteiger charge is -2.10. The van der Waals surface area contributed by atoms with Crippen LogP contribution in [-0.2, 0) is 0 Å². The highest BCUT2D eigenvalue weighted by Crippen LogP contribution is 2.28. The number of nitrogens with two attached hydrogens (primary N) is 1. The van der Waals surface area contributed by atoms with Gasteiger partial charge < -0.3 is 16.3 Å². The van der Waals surface area contributed by atoms with Gasteiger partial charge in [-0.3, -0.25) is 4.79 Å². The van der Waals surface area contributed by atoms with Crippen LogP contribution >= 0.6 is 38.9 Å². The van der Waals surface area contributed by atoms with E-state index in [4.69, 9.17) is 22.5 Å². The van der Waals surface area contributed by atoms with E-state index < -0.39 is 0 Å². The summed E-state index contributed by atoms with van der Waals surface area (Å²) in [6, 6.07) is 6.49. The number of carbonyl (C=O) groups is 1. The SMILES string of the molecule is Cc1cc(C(=O)Nc2cc(Cl)ccc2/C(N)=N/O)sc1Br. The number of anilines is 1. The van der Waals surface area contributed by atoms with Crippen LogP contribution in [0.5, 0.6) is 0 Å². The van der Waals surface area contributed by atoms with E-state index in [9.17, 15) is 4.79 Å². The summed E-state index contributed by atoms with van der Waals surface area (Å²) in [5, 5.41) is 14.9. The quantitative estimate of drug-likeness (QED) is 0.323. The van der Waals surface area contributed by atoms with Crippen molar-refractivity contribution in [2.45, 2.75) is 6.92 Å². The average Bonchev–Trinajstić information content (AvgIpc) is 2.78. The molecule has 21 heavy (non-hydrogen) atoms. The molecule has 0 radical (unpaired) electrons. The minimum Gasteiger partial charge on any atom is -0.409 e. The van der Waals surface area contributed by atoms with Crippen LogP contribution in [0.3, 0.4) is 0 Å². The summed E-state index contributed by atoms with van der Waals surface area (Å²) in [4.78, 5) is 12.8. The fourth-order valence-corrected chi connectivity index (χ4v) is 3.25. The molecular formula is C13H11BrClN3O2S. The average molecular weight is 389 g/mol. The van der Waals surface area contributed by atoms with Crippen molar-refractivity contribution in [2.75, 3.05) is 5.32 Å². The van der Waals surface area contributed by atoms with Crippen molar-refractivity contribution in [1.29, 1.82) is 0 Å². The number of nitrogens with one attached hydrogen (secondary N) is 1. The first-order valence-corrected chi connectivity index (χ1v) is 7.76. The number of amides is 1. The molecule has 4 N–H and O–H groups in total. The molecule has 110 valence electrons. The zero-order chi connectivity index (χ0) is 15.6. The Hall–Kier alpha value is -1.57. The van der Waals surface area contributed by atoms with Crippen LogP contribution in [0.2, 0.25) is 5.02 Å². The van der Waals surface area contributed by atoms with Gasteiger partial charge in [0, 0.05) is 10.6 Å². The number of thiophene rings is 1. The maximum absolute atomic E-state index is 12.2. The van der Waals surface area contributed by atoms with Crippen LogP contribution in [0.1, 0.15) is 20.8 Å². The number of benzene rings is 1. The van der Waals surface area contributed by atoms with Crippen molar-refractivity contribution >= 4 is 56.3 Å². The van der Waals surface area contributed by atoms with Crippen molar-refractivity contribution in [2.24, 2.45) is 10.9 Å². The third-order valence-corrected chi connectivity index (χ3v) is 5.06. The molecule has 1 amide bonds. The van der Waals surface area contributed by atoms with Gasteiger partial charge in [-0.15, -0.1) is 11.3 Å². The minimum atomic E-state index is -0.289. The summed E-state index contributed by atoms with van der Waals surface area (Å²) >= 11 is 10.6. The molecule has 0 atom stereocenters. The monoisotopic (exact) mass is 387 g/mol. The molecule has 5 nitrogen and oxygen atoms in total. The summed E-state index contributed by atoms with van der Waals surface area (Å²) in [5.41, 5.74) is 7.34. The minimum absolute atomic E-state index is 0.106. The van der Waals surface area contributed by atoms with E-state index in [1.807, 2.05) is 6.92 Å². The van der Waals surface area contributed by atoms with Gasteiger partial charge in [0.05, 0.1) is 14.4 Å². The van der Waals surface area contributed by atoms with Crippen LogP contribution in [-0.4, -0.2) is 17.0 Å². The first kappa shape index (κ1) is 15.8. The van der Waals surface area contributed by atoms with Crippen molar-refractivity contribution in [1.82, 2.24) is 0 Å². The zero-order valence-electron chi connectivity index (χ0n) is 10.9. The second kappa shape index (κ2) is 6.46. The highest BCUT2D eigenvalue weighted by molar-refractivity contribution is 9.11. The standard InChI is InChI=1S/C13H11BrClN3O2S/c1-6-4-10(21-11(6)14)13(19)17-9-5-7(15)2-3-8(9)12(16)18-20/h2-5,20H,1H3,(H2,16,18)(H,17,19). The number of amidine groups is 1. The molecule has 8 heteroatoms.